The maximum Gasteiger partial charge on any atom is 0.270 e. The van der Waals surface area contributed by atoms with E-state index >= 15 is 0 Å². The lowest BCUT2D eigenvalue weighted by molar-refractivity contribution is 0.0939. The quantitative estimate of drug-likeness (QED) is 0.265. The molecule has 15 heavy (non-hydrogen) atoms. The number of aryl methyl sites for hydroxylation is 1. The zero-order valence-corrected chi connectivity index (χ0v) is 8.51. The monoisotopic (exact) mass is 211 g/mol. The lowest BCUT2D eigenvalue weighted by atomic mass is 10.3. The fraction of sp³-hybridized carbons (Fsp3) is 0.375. The van der Waals surface area contributed by atoms with E-state index in [2.05, 4.69) is 15.6 Å². The van der Waals surface area contributed by atoms with E-state index in [1.54, 1.807) is 20.0 Å². The van der Waals surface area contributed by atoms with E-state index < -0.39 is 6.04 Å². The largest absolute Gasteiger partial charge is 0.409 e. The van der Waals surface area contributed by atoms with Gasteiger partial charge in [0.05, 0.1) is 6.04 Å². The number of carbonyl (C=O) groups excluding carboxylic acids is 1. The molecule has 82 valence electrons. The van der Waals surface area contributed by atoms with Gasteiger partial charge in [-0.05, 0) is 13.0 Å². The first-order chi connectivity index (χ1) is 7.06. The molecule has 7 heteroatoms. The second-order valence-electron chi connectivity index (χ2n) is 3.06. The summed E-state index contributed by atoms with van der Waals surface area (Å²) in [6.07, 6.45) is 1.52. The summed E-state index contributed by atoms with van der Waals surface area (Å²) in [5.41, 5.74) is 5.73. The first-order valence-corrected chi connectivity index (χ1v) is 4.32. The third-order valence-corrected chi connectivity index (χ3v) is 1.96. The van der Waals surface area contributed by atoms with E-state index in [9.17, 15) is 4.79 Å². The lowest BCUT2D eigenvalue weighted by Crippen LogP contribution is -2.42. The van der Waals surface area contributed by atoms with Gasteiger partial charge in [0.2, 0.25) is 0 Å². The van der Waals surface area contributed by atoms with Crippen molar-refractivity contribution in [2.24, 2.45) is 17.9 Å². The maximum atomic E-state index is 11.6. The van der Waals surface area contributed by atoms with Gasteiger partial charge in [-0.15, -0.1) is 0 Å². The summed E-state index contributed by atoms with van der Waals surface area (Å²) in [5, 5.41) is 17.6. The van der Waals surface area contributed by atoms with E-state index in [1.165, 1.54) is 10.9 Å². The SMILES string of the molecule is CC(NC(=O)c1ccnn1C)C(N)=NO. The van der Waals surface area contributed by atoms with Gasteiger partial charge in [0, 0.05) is 13.2 Å². The van der Waals surface area contributed by atoms with Gasteiger partial charge in [-0.25, -0.2) is 0 Å². The highest BCUT2D eigenvalue weighted by Gasteiger charge is 2.15. The van der Waals surface area contributed by atoms with Crippen LogP contribution >= 0.6 is 0 Å². The van der Waals surface area contributed by atoms with Crippen LogP contribution in [0.1, 0.15) is 17.4 Å². The lowest BCUT2D eigenvalue weighted by Gasteiger charge is -2.11. The zero-order chi connectivity index (χ0) is 11.4. The van der Waals surface area contributed by atoms with Crippen molar-refractivity contribution in [3.05, 3.63) is 18.0 Å². The van der Waals surface area contributed by atoms with Gasteiger partial charge in [0.15, 0.2) is 5.84 Å². The van der Waals surface area contributed by atoms with E-state index in [1.807, 2.05) is 0 Å². The fourth-order valence-electron chi connectivity index (χ4n) is 1.03. The molecule has 0 bridgehead atoms. The Kier molecular flexibility index (Phi) is 3.27. The number of nitrogens with one attached hydrogen (secondary N) is 1. The molecule has 7 nitrogen and oxygen atoms in total. The van der Waals surface area contributed by atoms with Crippen LogP contribution in [-0.2, 0) is 7.05 Å². The molecule has 1 amide bonds. The van der Waals surface area contributed by atoms with Gasteiger partial charge in [-0.2, -0.15) is 5.10 Å². The third-order valence-electron chi connectivity index (χ3n) is 1.96. The Bertz CT molecular complexity index is 384. The summed E-state index contributed by atoms with van der Waals surface area (Å²) < 4.78 is 1.44. The van der Waals surface area contributed by atoms with Crippen LogP contribution in [0.25, 0.3) is 0 Å². The number of carbonyl (C=O) groups is 1. The second kappa shape index (κ2) is 4.45. The summed E-state index contributed by atoms with van der Waals surface area (Å²) in [7, 11) is 1.66. The molecule has 1 atom stereocenters. The summed E-state index contributed by atoms with van der Waals surface area (Å²) in [5.74, 6) is -0.375. The minimum Gasteiger partial charge on any atom is -0.409 e. The molecule has 0 fully saturated rings. The van der Waals surface area contributed by atoms with Gasteiger partial charge in [-0.3, -0.25) is 9.48 Å². The number of amides is 1. The highest BCUT2D eigenvalue weighted by molar-refractivity contribution is 5.96. The summed E-state index contributed by atoms with van der Waals surface area (Å²) in [4.78, 5) is 11.6. The van der Waals surface area contributed by atoms with Crippen molar-refractivity contribution in [3.8, 4) is 0 Å². The fourth-order valence-corrected chi connectivity index (χ4v) is 1.03. The van der Waals surface area contributed by atoms with Crippen molar-refractivity contribution >= 4 is 11.7 Å². The van der Waals surface area contributed by atoms with Crippen molar-refractivity contribution in [2.45, 2.75) is 13.0 Å². The molecule has 4 N–H and O–H groups in total. The number of rotatable bonds is 3. The molecule has 1 unspecified atom stereocenters. The average Bonchev–Trinajstić information content (AvgIpc) is 2.63. The van der Waals surface area contributed by atoms with Crippen LogP contribution in [-0.4, -0.2) is 32.8 Å². The first-order valence-electron chi connectivity index (χ1n) is 4.32. The first kappa shape index (κ1) is 11.0. The van der Waals surface area contributed by atoms with Crippen molar-refractivity contribution < 1.29 is 10.0 Å². The molecule has 0 saturated carbocycles. The molecule has 1 aromatic rings. The number of amidine groups is 1. The molecule has 0 saturated heterocycles. The second-order valence-corrected chi connectivity index (χ2v) is 3.06. The van der Waals surface area contributed by atoms with Gasteiger partial charge < -0.3 is 16.3 Å². The standard InChI is InChI=1S/C8H13N5O2/c1-5(7(9)12-15)11-8(14)6-3-4-10-13(6)2/h3-5,15H,1-2H3,(H2,9,12)(H,11,14). The predicted octanol–water partition coefficient (Wildman–Crippen LogP) is -0.715. The highest BCUT2D eigenvalue weighted by Crippen LogP contribution is 1.96. The van der Waals surface area contributed by atoms with E-state index in [0.29, 0.717) is 5.69 Å². The summed E-state index contributed by atoms with van der Waals surface area (Å²) in [6.45, 7) is 1.61. The van der Waals surface area contributed by atoms with E-state index in [-0.39, 0.29) is 11.7 Å². The Morgan fingerprint density at radius 3 is 2.93 bits per heavy atom. The van der Waals surface area contributed by atoms with Crippen molar-refractivity contribution in [3.63, 3.8) is 0 Å². The molecular formula is C8H13N5O2. The van der Waals surface area contributed by atoms with Gasteiger partial charge >= 0.3 is 0 Å². The molecule has 1 rings (SSSR count). The van der Waals surface area contributed by atoms with Gasteiger partial charge in [0.1, 0.15) is 5.69 Å². The molecule has 1 heterocycles. The minimum absolute atomic E-state index is 0.0504. The van der Waals surface area contributed by atoms with Crippen molar-refractivity contribution in [1.82, 2.24) is 15.1 Å². The van der Waals surface area contributed by atoms with Crippen LogP contribution in [0.5, 0.6) is 0 Å². The summed E-state index contributed by atoms with van der Waals surface area (Å²) in [6, 6.07) is 1.05. The third kappa shape index (κ3) is 2.46. The highest BCUT2D eigenvalue weighted by atomic mass is 16.4. The number of nitrogens with zero attached hydrogens (tertiary/aromatic N) is 3. The zero-order valence-electron chi connectivity index (χ0n) is 8.51. The predicted molar refractivity (Wildman–Crippen MR) is 53.5 cm³/mol. The molecule has 1 aromatic heterocycles. The summed E-state index contributed by atoms with van der Waals surface area (Å²) >= 11 is 0. The van der Waals surface area contributed by atoms with E-state index in [4.69, 9.17) is 10.9 Å². The van der Waals surface area contributed by atoms with E-state index in [0.717, 1.165) is 0 Å². The Balaban J connectivity index is 2.69. The van der Waals surface area contributed by atoms with Crippen LogP contribution in [0.2, 0.25) is 0 Å². The Morgan fingerprint density at radius 1 is 1.80 bits per heavy atom. The molecule has 0 radical (unpaired) electrons. The number of oxime groups is 1. The molecule has 0 aliphatic heterocycles. The Morgan fingerprint density at radius 2 is 2.47 bits per heavy atom. The molecule has 0 aromatic carbocycles. The minimum atomic E-state index is -0.530. The van der Waals surface area contributed by atoms with Crippen molar-refractivity contribution in [2.75, 3.05) is 0 Å². The number of nitrogens with two attached hydrogens (primary N) is 1. The molecule has 0 spiro atoms. The molecule has 0 aliphatic rings. The van der Waals surface area contributed by atoms with Crippen LogP contribution in [0, 0.1) is 0 Å². The molecule has 0 aliphatic carbocycles. The van der Waals surface area contributed by atoms with Crippen molar-refractivity contribution in [1.29, 1.82) is 0 Å². The molecular weight excluding hydrogens is 198 g/mol. The van der Waals surface area contributed by atoms with Crippen LogP contribution in [0.15, 0.2) is 17.4 Å². The normalized spacial score (nSPS) is 13.6. The number of hydrogen-bond acceptors (Lipinski definition) is 4. The van der Waals surface area contributed by atoms with Crippen LogP contribution < -0.4 is 11.1 Å². The average molecular weight is 211 g/mol. The van der Waals surface area contributed by atoms with Crippen LogP contribution in [0.3, 0.4) is 0 Å². The number of hydrogen-bond donors (Lipinski definition) is 3. The number of aromatic nitrogens is 2. The van der Waals surface area contributed by atoms with Crippen LogP contribution in [0.4, 0.5) is 0 Å². The van der Waals surface area contributed by atoms with Gasteiger partial charge in [0.25, 0.3) is 5.91 Å². The Hall–Kier alpha value is -2.05. The maximum absolute atomic E-state index is 11.6. The van der Waals surface area contributed by atoms with Gasteiger partial charge in [-0.1, -0.05) is 5.16 Å². The topological polar surface area (TPSA) is 106 Å². The Labute approximate surface area is 86.6 Å². The smallest absolute Gasteiger partial charge is 0.270 e.